The minimum absolute atomic E-state index is 0.243. The molecule has 0 aromatic carbocycles. The maximum Gasteiger partial charge on any atom is 0.157 e. The fraction of sp³-hybridized carbons (Fsp3) is 0.556. The van der Waals surface area contributed by atoms with Crippen molar-refractivity contribution in [3.63, 3.8) is 0 Å². The first kappa shape index (κ1) is 13.9. The molecule has 1 heterocycles. The van der Waals surface area contributed by atoms with Gasteiger partial charge < -0.3 is 0 Å². The Bertz CT molecular complexity index is 504. The Morgan fingerprint density at radius 1 is 1.44 bits per heavy atom. The monoisotopic (exact) mass is 326 g/mol. The van der Waals surface area contributed by atoms with E-state index in [-0.39, 0.29) is 11.0 Å². The predicted molar refractivity (Wildman–Crippen MR) is 67.4 cm³/mol. The smallest absolute Gasteiger partial charge is 0.157 e. The van der Waals surface area contributed by atoms with Gasteiger partial charge in [-0.25, -0.2) is 18.4 Å². The lowest BCUT2D eigenvalue weighted by molar-refractivity contribution is 0.588. The number of rotatable bonds is 3. The third-order valence-corrected chi connectivity index (χ3v) is 5.07. The maximum absolute atomic E-state index is 11.4. The van der Waals surface area contributed by atoms with Gasteiger partial charge in [0, 0.05) is 6.26 Å². The van der Waals surface area contributed by atoms with Gasteiger partial charge >= 0.3 is 0 Å². The van der Waals surface area contributed by atoms with E-state index in [1.54, 1.807) is 6.92 Å². The average Bonchev–Trinajstić information content (AvgIpc) is 2.19. The average molecular weight is 328 g/mol. The Hall–Kier alpha value is -0.200. The lowest BCUT2D eigenvalue weighted by Gasteiger charge is -2.11. The highest BCUT2D eigenvalue weighted by molar-refractivity contribution is 9.10. The number of hydrogen-bond donors (Lipinski definition) is 0. The van der Waals surface area contributed by atoms with E-state index in [1.807, 2.05) is 6.92 Å². The second kappa shape index (κ2) is 4.98. The van der Waals surface area contributed by atoms with Crippen molar-refractivity contribution >= 4 is 37.4 Å². The molecule has 1 unspecified atom stereocenters. The van der Waals surface area contributed by atoms with Crippen LogP contribution in [0.5, 0.6) is 0 Å². The number of aryl methyl sites for hydroxylation is 1. The molecule has 0 aliphatic heterocycles. The Morgan fingerprint density at radius 2 is 2.00 bits per heavy atom. The van der Waals surface area contributed by atoms with Crippen LogP contribution < -0.4 is 0 Å². The van der Waals surface area contributed by atoms with Gasteiger partial charge in [0.25, 0.3) is 0 Å². The molecule has 0 N–H and O–H groups in total. The molecule has 1 aromatic heterocycles. The van der Waals surface area contributed by atoms with Crippen molar-refractivity contribution in [2.45, 2.75) is 25.5 Å². The number of nitrogens with zero attached hydrogens (tertiary/aromatic N) is 2. The molecule has 0 saturated carbocycles. The molecule has 0 aliphatic carbocycles. The molecule has 0 saturated heterocycles. The van der Waals surface area contributed by atoms with E-state index in [4.69, 9.17) is 11.6 Å². The second-order valence-electron chi connectivity index (χ2n) is 3.46. The lowest BCUT2D eigenvalue weighted by Crippen LogP contribution is -2.13. The van der Waals surface area contributed by atoms with Crippen molar-refractivity contribution in [3.05, 3.63) is 21.1 Å². The van der Waals surface area contributed by atoms with Crippen LogP contribution in [0.15, 0.2) is 4.47 Å². The summed E-state index contributed by atoms with van der Waals surface area (Å²) in [5.74, 6) is 0.243. The highest BCUT2D eigenvalue weighted by Gasteiger charge is 2.22. The van der Waals surface area contributed by atoms with Crippen LogP contribution in [0.1, 0.15) is 30.6 Å². The van der Waals surface area contributed by atoms with Crippen LogP contribution >= 0.6 is 27.5 Å². The van der Waals surface area contributed by atoms with Gasteiger partial charge in [0.2, 0.25) is 0 Å². The van der Waals surface area contributed by atoms with Crippen LogP contribution in [0.25, 0.3) is 0 Å². The number of aromatic nitrogens is 2. The van der Waals surface area contributed by atoms with Crippen molar-refractivity contribution in [1.82, 2.24) is 9.97 Å². The Balaban J connectivity index is 3.32. The summed E-state index contributed by atoms with van der Waals surface area (Å²) < 4.78 is 23.4. The predicted octanol–water partition coefficient (Wildman–Crippen LogP) is 2.56. The van der Waals surface area contributed by atoms with Crippen LogP contribution in [-0.2, 0) is 16.3 Å². The van der Waals surface area contributed by atoms with E-state index >= 15 is 0 Å². The largest absolute Gasteiger partial charge is 0.235 e. The van der Waals surface area contributed by atoms with E-state index in [1.165, 1.54) is 0 Å². The van der Waals surface area contributed by atoms with Crippen LogP contribution in [0.4, 0.5) is 0 Å². The van der Waals surface area contributed by atoms with Crippen molar-refractivity contribution in [1.29, 1.82) is 0 Å². The highest BCUT2D eigenvalue weighted by Crippen LogP contribution is 2.27. The molecule has 16 heavy (non-hydrogen) atoms. The first-order valence-corrected chi connectivity index (χ1v) is 7.80. The number of sulfone groups is 1. The molecular formula is C9H12BrClN2O2S. The summed E-state index contributed by atoms with van der Waals surface area (Å²) in [6.07, 6.45) is 1.81. The van der Waals surface area contributed by atoms with Gasteiger partial charge in [-0.1, -0.05) is 18.5 Å². The van der Waals surface area contributed by atoms with Crippen LogP contribution in [0.2, 0.25) is 5.15 Å². The SMILES string of the molecule is CCc1nc(C(C)S(C)(=O)=O)nc(Cl)c1Br. The fourth-order valence-electron chi connectivity index (χ4n) is 1.09. The Morgan fingerprint density at radius 3 is 2.44 bits per heavy atom. The summed E-state index contributed by atoms with van der Waals surface area (Å²) in [7, 11) is -3.21. The summed E-state index contributed by atoms with van der Waals surface area (Å²) in [6, 6.07) is 0. The van der Waals surface area contributed by atoms with E-state index < -0.39 is 15.1 Å². The number of hydrogen-bond acceptors (Lipinski definition) is 4. The molecule has 0 amide bonds. The molecule has 0 aliphatic rings. The Kier molecular flexibility index (Phi) is 4.31. The molecule has 4 nitrogen and oxygen atoms in total. The third kappa shape index (κ3) is 2.93. The summed E-state index contributed by atoms with van der Waals surface area (Å²) >= 11 is 9.17. The highest BCUT2D eigenvalue weighted by atomic mass is 79.9. The molecule has 1 rings (SSSR count). The van der Waals surface area contributed by atoms with Crippen LogP contribution in [0, 0.1) is 0 Å². The summed E-state index contributed by atoms with van der Waals surface area (Å²) in [4.78, 5) is 8.17. The summed E-state index contributed by atoms with van der Waals surface area (Å²) in [5.41, 5.74) is 0.713. The van der Waals surface area contributed by atoms with E-state index in [0.29, 0.717) is 16.6 Å². The standard InChI is InChI=1S/C9H12BrClN2O2S/c1-4-6-7(10)8(11)13-9(12-6)5(2)16(3,14)15/h5H,4H2,1-3H3. The molecule has 0 bridgehead atoms. The molecule has 7 heteroatoms. The van der Waals surface area contributed by atoms with Crippen molar-refractivity contribution < 1.29 is 8.42 Å². The van der Waals surface area contributed by atoms with Gasteiger partial charge in [-0.05, 0) is 29.3 Å². The van der Waals surface area contributed by atoms with Crippen LogP contribution in [-0.4, -0.2) is 24.6 Å². The molecule has 0 fully saturated rings. The van der Waals surface area contributed by atoms with E-state index in [9.17, 15) is 8.42 Å². The zero-order valence-corrected chi connectivity index (χ0v) is 12.3. The van der Waals surface area contributed by atoms with Crippen LogP contribution in [0.3, 0.4) is 0 Å². The first-order valence-electron chi connectivity index (χ1n) is 4.68. The molecule has 1 aromatic rings. The molecule has 90 valence electrons. The zero-order valence-electron chi connectivity index (χ0n) is 9.16. The van der Waals surface area contributed by atoms with Gasteiger partial charge in [0.05, 0.1) is 10.2 Å². The third-order valence-electron chi connectivity index (χ3n) is 2.24. The van der Waals surface area contributed by atoms with E-state index in [0.717, 1.165) is 6.26 Å². The first-order chi connectivity index (χ1) is 7.27. The normalized spacial score (nSPS) is 13.8. The van der Waals surface area contributed by atoms with Gasteiger partial charge in [-0.15, -0.1) is 0 Å². The van der Waals surface area contributed by atoms with Crippen molar-refractivity contribution in [3.8, 4) is 0 Å². The van der Waals surface area contributed by atoms with E-state index in [2.05, 4.69) is 25.9 Å². The Labute approximate surface area is 108 Å². The molecule has 0 spiro atoms. The lowest BCUT2D eigenvalue weighted by atomic mass is 10.3. The quantitative estimate of drug-likeness (QED) is 0.801. The topological polar surface area (TPSA) is 59.9 Å². The zero-order chi connectivity index (χ0) is 12.5. The van der Waals surface area contributed by atoms with Crippen molar-refractivity contribution in [2.75, 3.05) is 6.26 Å². The summed E-state index contributed by atoms with van der Waals surface area (Å²) in [5, 5.41) is -0.499. The van der Waals surface area contributed by atoms with Crippen molar-refractivity contribution in [2.24, 2.45) is 0 Å². The molecule has 0 radical (unpaired) electrons. The number of halogens is 2. The second-order valence-corrected chi connectivity index (χ2v) is 6.98. The minimum atomic E-state index is -3.21. The summed E-state index contributed by atoms with van der Waals surface area (Å²) in [6.45, 7) is 3.46. The maximum atomic E-state index is 11.4. The van der Waals surface area contributed by atoms with Gasteiger partial charge in [0.15, 0.2) is 9.84 Å². The van der Waals surface area contributed by atoms with Gasteiger partial charge in [-0.3, -0.25) is 0 Å². The molecule has 1 atom stereocenters. The minimum Gasteiger partial charge on any atom is -0.235 e. The van der Waals surface area contributed by atoms with Gasteiger partial charge in [-0.2, -0.15) is 0 Å². The fourth-order valence-corrected chi connectivity index (χ4v) is 2.23. The molecular weight excluding hydrogens is 316 g/mol. The van der Waals surface area contributed by atoms with Gasteiger partial charge in [0.1, 0.15) is 16.2 Å².